The van der Waals surface area contributed by atoms with Gasteiger partial charge in [-0.3, -0.25) is 0 Å². The Labute approximate surface area is 123 Å². The smallest absolute Gasteiger partial charge is 0.127 e. The number of benzene rings is 2. The summed E-state index contributed by atoms with van der Waals surface area (Å²) in [7, 11) is 0. The summed E-state index contributed by atoms with van der Waals surface area (Å²) in [4.78, 5) is 0. The number of phenols is 1. The SMILES string of the molecule is Oc1cc(F)cc(C2CC(O)c3cc(Br)ccc3O2)c1. The average Bonchev–Trinajstić information content (AvgIpc) is 2.38. The normalized spacial score (nSPS) is 21.1. The fraction of sp³-hybridized carbons (Fsp3) is 0.200. The topological polar surface area (TPSA) is 49.7 Å². The third-order valence-corrected chi connectivity index (χ3v) is 3.81. The molecule has 1 aliphatic heterocycles. The van der Waals surface area contributed by atoms with Gasteiger partial charge in [0.15, 0.2) is 0 Å². The van der Waals surface area contributed by atoms with Crippen molar-refractivity contribution in [3.05, 3.63) is 57.8 Å². The molecule has 0 bridgehead atoms. The lowest BCUT2D eigenvalue weighted by Crippen LogP contribution is -2.19. The van der Waals surface area contributed by atoms with Gasteiger partial charge in [0.05, 0.1) is 6.10 Å². The van der Waals surface area contributed by atoms with Crippen LogP contribution in [0.3, 0.4) is 0 Å². The highest BCUT2D eigenvalue weighted by Crippen LogP contribution is 2.42. The second-order valence-electron chi connectivity index (χ2n) is 4.78. The molecule has 0 saturated heterocycles. The van der Waals surface area contributed by atoms with Gasteiger partial charge >= 0.3 is 0 Å². The summed E-state index contributed by atoms with van der Waals surface area (Å²) < 4.78 is 20.0. The largest absolute Gasteiger partial charge is 0.508 e. The van der Waals surface area contributed by atoms with Crippen molar-refractivity contribution in [3.63, 3.8) is 0 Å². The molecule has 3 rings (SSSR count). The summed E-state index contributed by atoms with van der Waals surface area (Å²) in [6.07, 6.45) is -0.862. The van der Waals surface area contributed by atoms with Crippen LogP contribution in [0.4, 0.5) is 4.39 Å². The van der Waals surface area contributed by atoms with E-state index in [1.807, 2.05) is 6.07 Å². The van der Waals surface area contributed by atoms with Crippen molar-refractivity contribution in [2.75, 3.05) is 0 Å². The lowest BCUT2D eigenvalue weighted by Gasteiger charge is -2.30. The number of halogens is 2. The van der Waals surface area contributed by atoms with Crippen LogP contribution in [0.15, 0.2) is 40.9 Å². The number of phenolic OH excluding ortho intramolecular Hbond substituents is 1. The van der Waals surface area contributed by atoms with Gasteiger partial charge in [0.2, 0.25) is 0 Å². The number of aliphatic hydroxyl groups is 1. The van der Waals surface area contributed by atoms with Crippen LogP contribution in [-0.4, -0.2) is 10.2 Å². The lowest BCUT2D eigenvalue weighted by molar-refractivity contribution is 0.0654. The van der Waals surface area contributed by atoms with Gasteiger partial charge < -0.3 is 14.9 Å². The van der Waals surface area contributed by atoms with Crippen LogP contribution in [0.2, 0.25) is 0 Å². The maximum atomic E-state index is 13.3. The second kappa shape index (κ2) is 5.07. The van der Waals surface area contributed by atoms with Crippen molar-refractivity contribution >= 4 is 15.9 Å². The molecule has 0 aromatic heterocycles. The number of hydrogen-bond acceptors (Lipinski definition) is 3. The molecule has 0 radical (unpaired) electrons. The van der Waals surface area contributed by atoms with E-state index in [0.717, 1.165) is 10.5 Å². The second-order valence-corrected chi connectivity index (χ2v) is 5.70. The molecule has 104 valence electrons. The van der Waals surface area contributed by atoms with E-state index < -0.39 is 18.0 Å². The molecule has 5 heteroatoms. The molecule has 20 heavy (non-hydrogen) atoms. The predicted molar refractivity (Wildman–Crippen MR) is 75.2 cm³/mol. The van der Waals surface area contributed by atoms with E-state index in [9.17, 15) is 14.6 Å². The van der Waals surface area contributed by atoms with Gasteiger partial charge in [-0.05, 0) is 35.9 Å². The Balaban J connectivity index is 1.96. The van der Waals surface area contributed by atoms with Crippen LogP contribution >= 0.6 is 15.9 Å². The summed E-state index contributed by atoms with van der Waals surface area (Å²) >= 11 is 3.35. The van der Waals surface area contributed by atoms with Crippen LogP contribution in [0, 0.1) is 5.82 Å². The first-order chi connectivity index (χ1) is 9.52. The molecule has 1 heterocycles. The first-order valence-corrected chi connectivity index (χ1v) is 6.96. The average molecular weight is 339 g/mol. The first-order valence-electron chi connectivity index (χ1n) is 6.16. The highest BCUT2D eigenvalue weighted by molar-refractivity contribution is 9.10. The molecule has 0 amide bonds. The summed E-state index contributed by atoms with van der Waals surface area (Å²) in [5, 5.41) is 19.7. The molecule has 0 spiro atoms. The molecule has 2 unspecified atom stereocenters. The molecule has 2 aromatic carbocycles. The van der Waals surface area contributed by atoms with Crippen LogP contribution in [0.1, 0.15) is 29.8 Å². The van der Waals surface area contributed by atoms with E-state index in [2.05, 4.69) is 15.9 Å². The zero-order valence-corrected chi connectivity index (χ0v) is 12.0. The summed E-state index contributed by atoms with van der Waals surface area (Å²) in [6, 6.07) is 9.17. The van der Waals surface area contributed by atoms with Gasteiger partial charge in [-0.15, -0.1) is 0 Å². The van der Waals surface area contributed by atoms with E-state index >= 15 is 0 Å². The van der Waals surface area contributed by atoms with E-state index in [4.69, 9.17) is 4.74 Å². The van der Waals surface area contributed by atoms with E-state index in [-0.39, 0.29) is 5.75 Å². The van der Waals surface area contributed by atoms with Crippen molar-refractivity contribution in [2.24, 2.45) is 0 Å². The lowest BCUT2D eigenvalue weighted by atomic mass is 9.95. The first kappa shape index (κ1) is 13.4. The third kappa shape index (κ3) is 2.51. The Morgan fingerprint density at radius 1 is 1.20 bits per heavy atom. The Kier molecular flexibility index (Phi) is 3.40. The van der Waals surface area contributed by atoms with Gasteiger partial charge in [-0.2, -0.15) is 0 Å². The third-order valence-electron chi connectivity index (χ3n) is 3.31. The standard InChI is InChI=1S/C15H12BrFO3/c16-9-1-2-14-12(5-9)13(19)7-15(20-14)8-3-10(17)6-11(18)4-8/h1-6,13,15,18-19H,7H2. The van der Waals surface area contributed by atoms with Gasteiger partial charge in [0, 0.05) is 22.5 Å². The highest BCUT2D eigenvalue weighted by Gasteiger charge is 2.28. The number of ether oxygens (including phenoxy) is 1. The number of rotatable bonds is 1. The molecule has 0 saturated carbocycles. The molecule has 2 aromatic rings. The Morgan fingerprint density at radius 3 is 2.75 bits per heavy atom. The quantitative estimate of drug-likeness (QED) is 0.830. The minimum Gasteiger partial charge on any atom is -0.508 e. The van der Waals surface area contributed by atoms with Gasteiger partial charge in [0.1, 0.15) is 23.4 Å². The molecule has 1 aliphatic rings. The zero-order valence-electron chi connectivity index (χ0n) is 10.4. The monoisotopic (exact) mass is 338 g/mol. The van der Waals surface area contributed by atoms with E-state index in [1.165, 1.54) is 12.1 Å². The summed E-state index contributed by atoms with van der Waals surface area (Å²) in [5.41, 5.74) is 1.21. The number of aliphatic hydroxyl groups excluding tert-OH is 1. The zero-order chi connectivity index (χ0) is 14.3. The molecular weight excluding hydrogens is 327 g/mol. The molecule has 2 N–H and O–H groups in total. The number of fused-ring (bicyclic) bond motifs is 1. The van der Waals surface area contributed by atoms with Crippen molar-refractivity contribution < 1.29 is 19.3 Å². The van der Waals surface area contributed by atoms with E-state index in [0.29, 0.717) is 23.3 Å². The Hall–Kier alpha value is -1.59. The van der Waals surface area contributed by atoms with Crippen LogP contribution in [0.25, 0.3) is 0 Å². The summed E-state index contributed by atoms with van der Waals surface area (Å²) in [5.74, 6) is -0.111. The Bertz CT molecular complexity index is 639. The molecule has 3 nitrogen and oxygen atoms in total. The molecule has 0 aliphatic carbocycles. The van der Waals surface area contributed by atoms with Crippen LogP contribution in [0.5, 0.6) is 11.5 Å². The van der Waals surface area contributed by atoms with Gasteiger partial charge in [0.25, 0.3) is 0 Å². The fourth-order valence-electron chi connectivity index (χ4n) is 2.40. The van der Waals surface area contributed by atoms with Crippen LogP contribution in [-0.2, 0) is 0 Å². The minimum atomic E-state index is -0.688. The van der Waals surface area contributed by atoms with Crippen molar-refractivity contribution in [3.8, 4) is 11.5 Å². The number of hydrogen-bond donors (Lipinski definition) is 2. The number of aromatic hydroxyl groups is 1. The molecular formula is C15H12BrFO3. The van der Waals surface area contributed by atoms with Crippen molar-refractivity contribution in [1.82, 2.24) is 0 Å². The van der Waals surface area contributed by atoms with Crippen LogP contribution < -0.4 is 4.74 Å². The maximum absolute atomic E-state index is 13.3. The molecule has 2 atom stereocenters. The highest BCUT2D eigenvalue weighted by atomic mass is 79.9. The van der Waals surface area contributed by atoms with Crippen molar-refractivity contribution in [1.29, 1.82) is 0 Å². The van der Waals surface area contributed by atoms with Gasteiger partial charge in [-0.25, -0.2) is 4.39 Å². The predicted octanol–water partition coefficient (Wildman–Crippen LogP) is 3.85. The van der Waals surface area contributed by atoms with Crippen molar-refractivity contribution in [2.45, 2.75) is 18.6 Å². The van der Waals surface area contributed by atoms with E-state index in [1.54, 1.807) is 12.1 Å². The Morgan fingerprint density at radius 2 is 2.00 bits per heavy atom. The fourth-order valence-corrected chi connectivity index (χ4v) is 2.78. The summed E-state index contributed by atoms with van der Waals surface area (Å²) in [6.45, 7) is 0. The van der Waals surface area contributed by atoms with Gasteiger partial charge in [-0.1, -0.05) is 15.9 Å². The molecule has 0 fully saturated rings. The maximum Gasteiger partial charge on any atom is 0.127 e. The minimum absolute atomic E-state index is 0.153.